The fourth-order valence-electron chi connectivity index (χ4n) is 2.74. The Labute approximate surface area is 174 Å². The molecule has 0 radical (unpaired) electrons. The van der Waals surface area contributed by atoms with Crippen molar-refractivity contribution >= 4 is 15.8 Å². The molecule has 0 saturated heterocycles. The molecule has 0 aliphatic carbocycles. The van der Waals surface area contributed by atoms with Gasteiger partial charge in [0.15, 0.2) is 18.3 Å². The highest BCUT2D eigenvalue weighted by atomic mass is 32.2. The second-order valence-electron chi connectivity index (χ2n) is 6.24. The molecule has 0 amide bonds. The van der Waals surface area contributed by atoms with E-state index in [2.05, 4.69) is 0 Å². The maximum atomic E-state index is 13.1. The number of aromatic carboxylic acids is 1. The molecule has 8 heteroatoms. The van der Waals surface area contributed by atoms with Gasteiger partial charge in [-0.15, -0.1) is 0 Å². The fraction of sp³-hybridized carbons (Fsp3) is 0.136. The highest BCUT2D eigenvalue weighted by Gasteiger charge is 2.27. The monoisotopic (exact) mass is 428 g/mol. The van der Waals surface area contributed by atoms with Gasteiger partial charge < -0.3 is 19.3 Å². The van der Waals surface area contributed by atoms with E-state index in [1.165, 1.54) is 25.3 Å². The van der Waals surface area contributed by atoms with E-state index in [1.54, 1.807) is 18.2 Å². The van der Waals surface area contributed by atoms with Gasteiger partial charge in [0, 0.05) is 13.2 Å². The van der Waals surface area contributed by atoms with Gasteiger partial charge in [0.2, 0.25) is 9.84 Å². The topological polar surface area (TPSA) is 99.1 Å². The summed E-state index contributed by atoms with van der Waals surface area (Å²) in [6.45, 7) is -0.0209. The van der Waals surface area contributed by atoms with Crippen LogP contribution >= 0.6 is 0 Å². The molecule has 0 spiro atoms. The van der Waals surface area contributed by atoms with Crippen LogP contribution in [0.5, 0.6) is 11.5 Å². The Bertz CT molecular complexity index is 1110. The summed E-state index contributed by atoms with van der Waals surface area (Å²) in [5.74, 6) is -1.24. The minimum atomic E-state index is -4.11. The van der Waals surface area contributed by atoms with Crippen molar-refractivity contribution in [2.45, 2.75) is 16.4 Å². The normalized spacial score (nSPS) is 11.1. The van der Waals surface area contributed by atoms with E-state index < -0.39 is 21.4 Å². The predicted molar refractivity (Wildman–Crippen MR) is 109 cm³/mol. The van der Waals surface area contributed by atoms with Crippen LogP contribution < -0.4 is 9.47 Å². The zero-order chi connectivity index (χ0) is 21.6. The summed E-state index contributed by atoms with van der Waals surface area (Å²) in [6.07, 6.45) is 0. The Morgan fingerprint density at radius 3 is 2.10 bits per heavy atom. The van der Waals surface area contributed by atoms with Crippen LogP contribution in [0.2, 0.25) is 0 Å². The highest BCUT2D eigenvalue weighted by molar-refractivity contribution is 7.91. The van der Waals surface area contributed by atoms with Crippen LogP contribution in [0, 0.1) is 0 Å². The third kappa shape index (κ3) is 4.79. The van der Waals surface area contributed by atoms with Gasteiger partial charge in [0.1, 0.15) is 6.61 Å². The molecule has 0 atom stereocenters. The number of carboxylic acids is 1. The van der Waals surface area contributed by atoms with E-state index in [0.29, 0.717) is 0 Å². The van der Waals surface area contributed by atoms with Crippen LogP contribution in [-0.4, -0.2) is 33.4 Å². The van der Waals surface area contributed by atoms with E-state index >= 15 is 0 Å². The van der Waals surface area contributed by atoms with Crippen LogP contribution in [0.15, 0.2) is 82.6 Å². The number of carboxylic acid groups (broad SMARTS) is 1. The Morgan fingerprint density at radius 2 is 1.50 bits per heavy atom. The van der Waals surface area contributed by atoms with Gasteiger partial charge in [-0.2, -0.15) is 0 Å². The molecule has 30 heavy (non-hydrogen) atoms. The Morgan fingerprint density at radius 1 is 0.900 bits per heavy atom. The van der Waals surface area contributed by atoms with Crippen LogP contribution in [0.3, 0.4) is 0 Å². The third-order valence-corrected chi connectivity index (χ3v) is 6.00. The molecule has 1 N–H and O–H groups in total. The average molecular weight is 428 g/mol. The molecule has 3 aromatic carbocycles. The standard InChI is InChI=1S/C22H20O7S/c1-27-15-29-19-12-18(22(23)24)21(30(25,26)17-10-6-3-7-11-17)13-20(19)28-14-16-8-4-2-5-9-16/h2-13H,14-15H2,1H3,(H,23,24). The second-order valence-corrected chi connectivity index (χ2v) is 8.16. The Hall–Kier alpha value is -3.36. The molecule has 0 heterocycles. The Balaban J connectivity index is 2.09. The molecule has 3 rings (SSSR count). The zero-order valence-electron chi connectivity index (χ0n) is 16.1. The number of sulfone groups is 1. The quantitative estimate of drug-likeness (QED) is 0.518. The van der Waals surface area contributed by atoms with Gasteiger partial charge >= 0.3 is 5.97 Å². The molecule has 156 valence electrons. The number of hydrogen-bond donors (Lipinski definition) is 1. The molecule has 0 aromatic heterocycles. The average Bonchev–Trinajstić information content (AvgIpc) is 2.77. The van der Waals surface area contributed by atoms with E-state index in [-0.39, 0.29) is 34.7 Å². The molecule has 0 bridgehead atoms. The molecule has 0 unspecified atom stereocenters. The summed E-state index contributed by atoms with van der Waals surface area (Å²) in [7, 11) is -2.69. The second kappa shape index (κ2) is 9.43. The van der Waals surface area contributed by atoms with Crippen molar-refractivity contribution in [3.05, 3.63) is 83.9 Å². The molecule has 0 saturated carbocycles. The predicted octanol–water partition coefficient (Wildman–Crippen LogP) is 3.78. The van der Waals surface area contributed by atoms with E-state index in [1.807, 2.05) is 30.3 Å². The zero-order valence-corrected chi connectivity index (χ0v) is 17.0. The lowest BCUT2D eigenvalue weighted by molar-refractivity contribution is 0.0479. The summed E-state index contributed by atoms with van der Waals surface area (Å²) < 4.78 is 42.4. The lowest BCUT2D eigenvalue weighted by Gasteiger charge is -2.16. The van der Waals surface area contributed by atoms with Gasteiger partial charge in [0.25, 0.3) is 0 Å². The van der Waals surface area contributed by atoms with Gasteiger partial charge in [-0.25, -0.2) is 13.2 Å². The third-order valence-electron chi connectivity index (χ3n) is 4.19. The summed E-state index contributed by atoms with van der Waals surface area (Å²) in [4.78, 5) is 11.4. The molecule has 0 fully saturated rings. The summed E-state index contributed by atoms with van der Waals surface area (Å²) in [5, 5.41) is 9.63. The van der Waals surface area contributed by atoms with Crippen molar-refractivity contribution in [3.8, 4) is 11.5 Å². The summed E-state index contributed by atoms with van der Waals surface area (Å²) >= 11 is 0. The van der Waals surface area contributed by atoms with E-state index in [4.69, 9.17) is 14.2 Å². The number of benzene rings is 3. The van der Waals surface area contributed by atoms with E-state index in [9.17, 15) is 18.3 Å². The first-order valence-corrected chi connectivity index (χ1v) is 10.4. The number of rotatable bonds is 9. The smallest absolute Gasteiger partial charge is 0.337 e. The molecule has 0 aliphatic rings. The molecule has 3 aromatic rings. The number of hydrogen-bond acceptors (Lipinski definition) is 6. The van der Waals surface area contributed by atoms with Crippen molar-refractivity contribution in [2.24, 2.45) is 0 Å². The van der Waals surface area contributed by atoms with Gasteiger partial charge in [0.05, 0.1) is 15.4 Å². The van der Waals surface area contributed by atoms with Crippen molar-refractivity contribution in [2.75, 3.05) is 13.9 Å². The first-order valence-electron chi connectivity index (χ1n) is 8.93. The largest absolute Gasteiger partial charge is 0.485 e. The van der Waals surface area contributed by atoms with Crippen LogP contribution in [0.4, 0.5) is 0 Å². The SMILES string of the molecule is COCOc1cc(C(=O)O)c(S(=O)(=O)c2ccccc2)cc1OCc1ccccc1. The van der Waals surface area contributed by atoms with Gasteiger partial charge in [-0.1, -0.05) is 48.5 Å². The maximum absolute atomic E-state index is 13.1. The fourth-order valence-corrected chi connectivity index (χ4v) is 4.21. The molecule has 0 aliphatic heterocycles. The maximum Gasteiger partial charge on any atom is 0.337 e. The lowest BCUT2D eigenvalue weighted by Crippen LogP contribution is -2.12. The van der Waals surface area contributed by atoms with Crippen LogP contribution in [0.25, 0.3) is 0 Å². The lowest BCUT2D eigenvalue weighted by atomic mass is 10.2. The van der Waals surface area contributed by atoms with Crippen molar-refractivity contribution in [1.29, 1.82) is 0 Å². The Kier molecular flexibility index (Phi) is 6.71. The first-order chi connectivity index (χ1) is 14.4. The highest BCUT2D eigenvalue weighted by Crippen LogP contribution is 2.36. The molecular formula is C22H20O7S. The van der Waals surface area contributed by atoms with Crippen molar-refractivity contribution < 1.29 is 32.5 Å². The van der Waals surface area contributed by atoms with Crippen LogP contribution in [-0.2, 0) is 21.2 Å². The van der Waals surface area contributed by atoms with Gasteiger partial charge in [-0.3, -0.25) is 0 Å². The number of carbonyl (C=O) groups is 1. The summed E-state index contributed by atoms with van der Waals surface area (Å²) in [5.41, 5.74) is 0.432. The van der Waals surface area contributed by atoms with Gasteiger partial charge in [-0.05, 0) is 23.8 Å². The van der Waals surface area contributed by atoms with E-state index in [0.717, 1.165) is 11.6 Å². The number of ether oxygens (including phenoxy) is 3. The molecular weight excluding hydrogens is 408 g/mol. The van der Waals surface area contributed by atoms with Crippen LogP contribution in [0.1, 0.15) is 15.9 Å². The van der Waals surface area contributed by atoms with Crippen molar-refractivity contribution in [1.82, 2.24) is 0 Å². The minimum Gasteiger partial charge on any atom is -0.485 e. The molecule has 7 nitrogen and oxygen atoms in total. The minimum absolute atomic E-state index is 0.0212. The first kappa shape index (κ1) is 21.4. The number of methoxy groups -OCH3 is 1. The van der Waals surface area contributed by atoms with Crippen molar-refractivity contribution in [3.63, 3.8) is 0 Å². The summed E-state index contributed by atoms with van der Waals surface area (Å²) in [6, 6.07) is 19.2.